The van der Waals surface area contributed by atoms with Gasteiger partial charge in [0.05, 0.1) is 18.6 Å². The summed E-state index contributed by atoms with van der Waals surface area (Å²) < 4.78 is 2.22. The number of likely N-dealkylation sites (tertiary alicyclic amines) is 1. The minimum Gasteiger partial charge on any atom is -0.394 e. The number of carbonyl (C=O) groups is 1. The predicted molar refractivity (Wildman–Crippen MR) is 103 cm³/mol. The third-order valence-electron chi connectivity index (χ3n) is 6.46. The number of hydrogen-bond donors (Lipinski definition) is 2. The van der Waals surface area contributed by atoms with Gasteiger partial charge in [-0.15, -0.1) is 0 Å². The first-order chi connectivity index (χ1) is 12.5. The SMILES string of the molecule is CC[C@@H](CO)NC(=O)[C@@H]1C[C@@H]2c3cccc4c3c(cn4C)C[C@H]2N(C)C1. The minimum absolute atomic E-state index is 0.00351. The van der Waals surface area contributed by atoms with Gasteiger partial charge in [0.2, 0.25) is 5.91 Å². The standard InChI is InChI=1S/C21H29N3O2/c1-4-15(12-25)22-21(26)14-8-17-16-6-5-7-18-20(16)13(10-23(18)2)9-19(17)24(3)11-14/h5-7,10,14-15,17,19,25H,4,8-9,11-12H2,1-3H3,(H,22,26)/t14-,15+,17-,19-/m1/s1. The molecule has 0 spiro atoms. The zero-order chi connectivity index (χ0) is 18.4. The first-order valence-electron chi connectivity index (χ1n) is 9.71. The smallest absolute Gasteiger partial charge is 0.224 e. The summed E-state index contributed by atoms with van der Waals surface area (Å²) >= 11 is 0. The van der Waals surface area contributed by atoms with Crippen LogP contribution in [0.15, 0.2) is 24.4 Å². The molecule has 0 radical (unpaired) electrons. The number of aliphatic hydroxyl groups excluding tert-OH is 1. The number of fused-ring (bicyclic) bond motifs is 2. The molecule has 2 aromatic rings. The zero-order valence-electron chi connectivity index (χ0n) is 15.9. The Morgan fingerprint density at radius 1 is 1.38 bits per heavy atom. The molecule has 1 fully saturated rings. The van der Waals surface area contributed by atoms with Gasteiger partial charge < -0.3 is 19.9 Å². The van der Waals surface area contributed by atoms with Crippen LogP contribution in [-0.4, -0.2) is 52.8 Å². The molecule has 5 nitrogen and oxygen atoms in total. The predicted octanol–water partition coefficient (Wildman–Crippen LogP) is 2.03. The van der Waals surface area contributed by atoms with E-state index in [9.17, 15) is 9.90 Å². The Hall–Kier alpha value is -1.85. The number of nitrogens with one attached hydrogen (secondary N) is 1. The van der Waals surface area contributed by atoms with Crippen LogP contribution in [0.3, 0.4) is 0 Å². The summed E-state index contributed by atoms with van der Waals surface area (Å²) in [7, 11) is 4.26. The van der Waals surface area contributed by atoms with Gasteiger partial charge in [-0.25, -0.2) is 0 Å². The Bertz CT molecular complexity index is 824. The highest BCUT2D eigenvalue weighted by atomic mass is 16.3. The normalized spacial score (nSPS) is 26.5. The third kappa shape index (κ3) is 2.74. The van der Waals surface area contributed by atoms with Gasteiger partial charge in [-0.05, 0) is 43.5 Å². The van der Waals surface area contributed by atoms with E-state index in [1.54, 1.807) is 0 Å². The largest absolute Gasteiger partial charge is 0.394 e. The van der Waals surface area contributed by atoms with Crippen molar-refractivity contribution < 1.29 is 9.90 Å². The van der Waals surface area contributed by atoms with Crippen LogP contribution in [0.5, 0.6) is 0 Å². The summed E-state index contributed by atoms with van der Waals surface area (Å²) in [4.78, 5) is 15.2. The number of aromatic nitrogens is 1. The lowest BCUT2D eigenvalue weighted by molar-refractivity contribution is -0.128. The molecule has 0 saturated carbocycles. The van der Waals surface area contributed by atoms with Crippen molar-refractivity contribution >= 4 is 16.8 Å². The topological polar surface area (TPSA) is 57.5 Å². The van der Waals surface area contributed by atoms with E-state index in [1.807, 2.05) is 6.92 Å². The number of rotatable bonds is 4. The molecule has 2 N–H and O–H groups in total. The molecule has 26 heavy (non-hydrogen) atoms. The number of piperidine rings is 1. The van der Waals surface area contributed by atoms with Crippen molar-refractivity contribution in [1.82, 2.24) is 14.8 Å². The molecular weight excluding hydrogens is 326 g/mol. The molecule has 5 heteroatoms. The van der Waals surface area contributed by atoms with Crippen molar-refractivity contribution in [2.24, 2.45) is 13.0 Å². The fourth-order valence-electron chi connectivity index (χ4n) is 5.00. The summed E-state index contributed by atoms with van der Waals surface area (Å²) in [5.74, 6) is 0.446. The van der Waals surface area contributed by atoms with Crippen molar-refractivity contribution in [3.05, 3.63) is 35.5 Å². The number of hydrogen-bond acceptors (Lipinski definition) is 3. The highest BCUT2D eigenvalue weighted by molar-refractivity contribution is 5.89. The summed E-state index contributed by atoms with van der Waals surface area (Å²) in [5.41, 5.74) is 4.12. The molecule has 1 aliphatic carbocycles. The fourth-order valence-corrected chi connectivity index (χ4v) is 5.00. The second-order valence-corrected chi connectivity index (χ2v) is 8.05. The number of nitrogens with zero attached hydrogens (tertiary/aromatic N) is 2. The van der Waals surface area contributed by atoms with Gasteiger partial charge in [0.25, 0.3) is 0 Å². The molecular formula is C21H29N3O2. The van der Waals surface area contributed by atoms with Gasteiger partial charge >= 0.3 is 0 Å². The lowest BCUT2D eigenvalue weighted by Crippen LogP contribution is -2.52. The van der Waals surface area contributed by atoms with Gasteiger partial charge in [-0.2, -0.15) is 0 Å². The van der Waals surface area contributed by atoms with Crippen molar-refractivity contribution in [3.63, 3.8) is 0 Å². The van der Waals surface area contributed by atoms with Crippen LogP contribution in [0.2, 0.25) is 0 Å². The molecule has 1 aromatic heterocycles. The first kappa shape index (κ1) is 17.6. The zero-order valence-corrected chi connectivity index (χ0v) is 15.9. The van der Waals surface area contributed by atoms with Crippen molar-refractivity contribution in [2.45, 2.75) is 44.2 Å². The maximum Gasteiger partial charge on any atom is 0.224 e. The third-order valence-corrected chi connectivity index (χ3v) is 6.46. The van der Waals surface area contributed by atoms with E-state index in [-0.39, 0.29) is 24.5 Å². The molecule has 0 bridgehead atoms. The molecule has 0 unspecified atom stereocenters. The Morgan fingerprint density at radius 3 is 2.92 bits per heavy atom. The number of amides is 1. The van der Waals surface area contributed by atoms with E-state index in [2.05, 4.69) is 53.3 Å². The van der Waals surface area contributed by atoms with Crippen LogP contribution >= 0.6 is 0 Å². The van der Waals surface area contributed by atoms with Gasteiger partial charge in [0, 0.05) is 42.7 Å². The second kappa shape index (κ2) is 6.71. The summed E-state index contributed by atoms with van der Waals surface area (Å²) in [5, 5.41) is 13.8. The van der Waals surface area contributed by atoms with E-state index in [1.165, 1.54) is 22.0 Å². The monoisotopic (exact) mass is 355 g/mol. The number of aliphatic hydroxyl groups is 1. The second-order valence-electron chi connectivity index (χ2n) is 8.05. The van der Waals surface area contributed by atoms with Gasteiger partial charge in [0.15, 0.2) is 0 Å². The summed E-state index contributed by atoms with van der Waals surface area (Å²) in [6.45, 7) is 2.78. The van der Waals surface area contributed by atoms with Crippen molar-refractivity contribution in [2.75, 3.05) is 20.2 Å². The van der Waals surface area contributed by atoms with Crippen LogP contribution in [-0.2, 0) is 18.3 Å². The molecule has 1 aliphatic heterocycles. The number of likely N-dealkylation sites (N-methyl/N-ethyl adjacent to an activating group) is 1. The average molecular weight is 355 g/mol. The fraction of sp³-hybridized carbons (Fsp3) is 0.571. The Labute approximate surface area is 155 Å². The number of benzene rings is 1. The Kier molecular flexibility index (Phi) is 4.53. The van der Waals surface area contributed by atoms with Gasteiger partial charge in [-0.1, -0.05) is 19.1 Å². The van der Waals surface area contributed by atoms with Crippen LogP contribution in [0.1, 0.15) is 36.8 Å². The molecule has 1 amide bonds. The maximum atomic E-state index is 12.8. The van der Waals surface area contributed by atoms with E-state index < -0.39 is 0 Å². The molecule has 4 rings (SSSR count). The number of aryl methyl sites for hydroxylation is 1. The van der Waals surface area contributed by atoms with Crippen molar-refractivity contribution in [1.29, 1.82) is 0 Å². The van der Waals surface area contributed by atoms with Crippen LogP contribution in [0, 0.1) is 5.92 Å². The molecule has 2 aliphatic rings. The van der Waals surface area contributed by atoms with Crippen molar-refractivity contribution in [3.8, 4) is 0 Å². The summed E-state index contributed by atoms with van der Waals surface area (Å²) in [6, 6.07) is 6.90. The minimum atomic E-state index is -0.138. The van der Waals surface area contributed by atoms with Crippen LogP contribution < -0.4 is 5.32 Å². The first-order valence-corrected chi connectivity index (χ1v) is 9.71. The van der Waals surface area contributed by atoms with Gasteiger partial charge in [-0.3, -0.25) is 4.79 Å². The average Bonchev–Trinajstić information content (AvgIpc) is 2.97. The molecule has 1 saturated heterocycles. The Morgan fingerprint density at radius 2 is 2.19 bits per heavy atom. The van der Waals surface area contributed by atoms with E-state index in [0.29, 0.717) is 12.0 Å². The molecule has 140 valence electrons. The van der Waals surface area contributed by atoms with E-state index >= 15 is 0 Å². The quantitative estimate of drug-likeness (QED) is 0.882. The Balaban J connectivity index is 1.64. The van der Waals surface area contributed by atoms with E-state index in [4.69, 9.17) is 0 Å². The molecule has 1 aromatic carbocycles. The van der Waals surface area contributed by atoms with E-state index in [0.717, 1.165) is 25.8 Å². The molecule has 4 atom stereocenters. The van der Waals surface area contributed by atoms with Gasteiger partial charge in [0.1, 0.15) is 0 Å². The maximum absolute atomic E-state index is 12.8. The van der Waals surface area contributed by atoms with Crippen LogP contribution in [0.25, 0.3) is 10.9 Å². The van der Waals surface area contributed by atoms with Crippen LogP contribution in [0.4, 0.5) is 0 Å². The lowest BCUT2D eigenvalue weighted by atomic mass is 9.72. The number of carbonyl (C=O) groups excluding carboxylic acids is 1. The highest BCUT2D eigenvalue weighted by Crippen LogP contribution is 2.44. The highest BCUT2D eigenvalue weighted by Gasteiger charge is 2.41. The summed E-state index contributed by atoms with van der Waals surface area (Å²) in [6.07, 6.45) is 4.96. The molecule has 2 heterocycles. The lowest BCUT2D eigenvalue weighted by Gasteiger charge is -2.45.